The van der Waals surface area contributed by atoms with Crippen molar-refractivity contribution in [2.45, 2.75) is 25.6 Å². The number of thiophene rings is 1. The van der Waals surface area contributed by atoms with Crippen LogP contribution >= 0.6 is 27.3 Å². The minimum atomic E-state index is 0.192. The second-order valence-electron chi connectivity index (χ2n) is 4.48. The van der Waals surface area contributed by atoms with E-state index in [0.717, 1.165) is 5.75 Å². The number of rotatable bonds is 3. The average Bonchev–Trinajstić information content (AvgIpc) is 2.67. The van der Waals surface area contributed by atoms with Crippen molar-refractivity contribution in [3.63, 3.8) is 0 Å². The molecule has 0 N–H and O–H groups in total. The fourth-order valence-corrected chi connectivity index (χ4v) is 4.07. The van der Waals surface area contributed by atoms with Crippen LogP contribution in [-0.2, 0) is 0 Å². The molecule has 1 heterocycles. The van der Waals surface area contributed by atoms with Crippen LogP contribution in [0.25, 0.3) is 0 Å². The standard InChI is InChI=1S/C15H17BrOS/c1-9-5-6-14(17-4)13(7-9)15(16)12-8-10(2)18-11(12)3/h5-8,15H,1-4H3. The molecule has 1 atom stereocenters. The number of aryl methyl sites for hydroxylation is 3. The number of methoxy groups -OCH3 is 1. The summed E-state index contributed by atoms with van der Waals surface area (Å²) in [5.41, 5.74) is 3.78. The van der Waals surface area contributed by atoms with E-state index in [2.05, 4.69) is 54.9 Å². The zero-order valence-corrected chi connectivity index (χ0v) is 13.5. The number of alkyl halides is 1. The Bertz CT molecular complexity index is 560. The maximum atomic E-state index is 5.46. The average molecular weight is 325 g/mol. The van der Waals surface area contributed by atoms with E-state index in [-0.39, 0.29) is 4.83 Å². The smallest absolute Gasteiger partial charge is 0.123 e. The van der Waals surface area contributed by atoms with Crippen molar-refractivity contribution in [3.05, 3.63) is 50.7 Å². The van der Waals surface area contributed by atoms with E-state index in [1.807, 2.05) is 17.4 Å². The molecular weight excluding hydrogens is 308 g/mol. The normalized spacial score (nSPS) is 12.5. The summed E-state index contributed by atoms with van der Waals surface area (Å²) in [6, 6.07) is 8.55. The van der Waals surface area contributed by atoms with Crippen LogP contribution in [0.4, 0.5) is 0 Å². The van der Waals surface area contributed by atoms with Gasteiger partial charge in [0.2, 0.25) is 0 Å². The first-order chi connectivity index (χ1) is 8.52. The lowest BCUT2D eigenvalue weighted by Crippen LogP contribution is -1.97. The second-order valence-corrected chi connectivity index (χ2v) is 6.85. The molecule has 0 saturated heterocycles. The highest BCUT2D eigenvalue weighted by molar-refractivity contribution is 9.09. The molecule has 0 saturated carbocycles. The van der Waals surface area contributed by atoms with Gasteiger partial charge in [-0.2, -0.15) is 0 Å². The molecule has 0 aliphatic heterocycles. The molecule has 1 aromatic carbocycles. The number of halogens is 1. The quantitative estimate of drug-likeness (QED) is 0.708. The maximum Gasteiger partial charge on any atom is 0.123 e. The first kappa shape index (κ1) is 13.6. The van der Waals surface area contributed by atoms with E-state index < -0.39 is 0 Å². The highest BCUT2D eigenvalue weighted by Crippen LogP contribution is 2.40. The van der Waals surface area contributed by atoms with Gasteiger partial charge in [-0.3, -0.25) is 0 Å². The van der Waals surface area contributed by atoms with E-state index in [9.17, 15) is 0 Å². The summed E-state index contributed by atoms with van der Waals surface area (Å²) >= 11 is 5.65. The lowest BCUT2D eigenvalue weighted by atomic mass is 10.0. The van der Waals surface area contributed by atoms with Gasteiger partial charge in [0, 0.05) is 15.3 Å². The first-order valence-corrected chi connectivity index (χ1v) is 7.61. The summed E-state index contributed by atoms with van der Waals surface area (Å²) in [5, 5.41) is 0. The fraction of sp³-hybridized carbons (Fsp3) is 0.333. The van der Waals surface area contributed by atoms with E-state index in [0.29, 0.717) is 0 Å². The lowest BCUT2D eigenvalue weighted by molar-refractivity contribution is 0.410. The number of benzene rings is 1. The Morgan fingerprint density at radius 3 is 2.39 bits per heavy atom. The Labute approximate surface area is 121 Å². The SMILES string of the molecule is COc1ccc(C)cc1C(Br)c1cc(C)sc1C. The summed E-state index contributed by atoms with van der Waals surface area (Å²) in [4.78, 5) is 2.90. The van der Waals surface area contributed by atoms with Gasteiger partial charge in [-0.15, -0.1) is 11.3 Å². The Hall–Kier alpha value is -0.800. The highest BCUT2D eigenvalue weighted by Gasteiger charge is 2.18. The van der Waals surface area contributed by atoms with Crippen molar-refractivity contribution in [2.24, 2.45) is 0 Å². The molecule has 0 radical (unpaired) electrons. The molecule has 0 fully saturated rings. The van der Waals surface area contributed by atoms with Crippen LogP contribution < -0.4 is 4.74 Å². The van der Waals surface area contributed by atoms with E-state index in [4.69, 9.17) is 4.74 Å². The Kier molecular flexibility index (Phi) is 4.13. The van der Waals surface area contributed by atoms with Gasteiger partial charge in [0.05, 0.1) is 11.9 Å². The zero-order chi connectivity index (χ0) is 13.3. The van der Waals surface area contributed by atoms with Crippen molar-refractivity contribution in [2.75, 3.05) is 7.11 Å². The first-order valence-electron chi connectivity index (χ1n) is 5.88. The van der Waals surface area contributed by atoms with Gasteiger partial charge in [-0.1, -0.05) is 33.6 Å². The van der Waals surface area contributed by atoms with Crippen LogP contribution in [-0.4, -0.2) is 7.11 Å². The Balaban J connectivity index is 2.48. The minimum Gasteiger partial charge on any atom is -0.496 e. The summed E-state index contributed by atoms with van der Waals surface area (Å²) in [5.74, 6) is 0.936. The molecule has 1 aromatic heterocycles. The molecule has 1 nitrogen and oxygen atoms in total. The molecule has 0 aliphatic rings. The highest BCUT2D eigenvalue weighted by atomic mass is 79.9. The largest absolute Gasteiger partial charge is 0.496 e. The van der Waals surface area contributed by atoms with E-state index in [1.54, 1.807) is 7.11 Å². The van der Waals surface area contributed by atoms with Gasteiger partial charge in [0.25, 0.3) is 0 Å². The van der Waals surface area contributed by atoms with Gasteiger partial charge in [-0.05, 0) is 38.5 Å². The summed E-state index contributed by atoms with van der Waals surface area (Å²) in [6.07, 6.45) is 0. The van der Waals surface area contributed by atoms with Crippen LogP contribution in [0.1, 0.15) is 31.3 Å². The number of ether oxygens (including phenoxy) is 1. The third-order valence-electron chi connectivity index (χ3n) is 3.01. The molecule has 2 rings (SSSR count). The van der Waals surface area contributed by atoms with Crippen molar-refractivity contribution in [3.8, 4) is 5.75 Å². The number of hydrogen-bond acceptors (Lipinski definition) is 2. The van der Waals surface area contributed by atoms with Crippen molar-refractivity contribution >= 4 is 27.3 Å². The molecule has 0 aliphatic carbocycles. The molecule has 0 spiro atoms. The van der Waals surface area contributed by atoms with Gasteiger partial charge in [-0.25, -0.2) is 0 Å². The molecule has 2 aromatic rings. The summed E-state index contributed by atoms with van der Waals surface area (Å²) in [7, 11) is 1.72. The molecule has 96 valence electrons. The van der Waals surface area contributed by atoms with Crippen LogP contribution in [0.2, 0.25) is 0 Å². The van der Waals surface area contributed by atoms with Crippen LogP contribution in [0, 0.1) is 20.8 Å². The predicted octanol–water partition coefficient (Wildman–Crippen LogP) is 5.17. The third kappa shape index (κ3) is 2.62. The van der Waals surface area contributed by atoms with Gasteiger partial charge >= 0.3 is 0 Å². The topological polar surface area (TPSA) is 9.23 Å². The van der Waals surface area contributed by atoms with Crippen molar-refractivity contribution in [1.29, 1.82) is 0 Å². The van der Waals surface area contributed by atoms with E-state index in [1.165, 1.54) is 26.4 Å². The Morgan fingerprint density at radius 2 is 1.83 bits per heavy atom. The molecule has 3 heteroatoms. The fourth-order valence-electron chi connectivity index (χ4n) is 2.12. The van der Waals surface area contributed by atoms with Gasteiger partial charge in [0.15, 0.2) is 0 Å². The number of hydrogen-bond donors (Lipinski definition) is 0. The van der Waals surface area contributed by atoms with Gasteiger partial charge < -0.3 is 4.74 Å². The third-order valence-corrected chi connectivity index (χ3v) is 4.98. The molecular formula is C15H17BrOS. The van der Waals surface area contributed by atoms with Crippen molar-refractivity contribution < 1.29 is 4.74 Å². The van der Waals surface area contributed by atoms with Crippen LogP contribution in [0.5, 0.6) is 5.75 Å². The molecule has 1 unspecified atom stereocenters. The monoisotopic (exact) mass is 324 g/mol. The second kappa shape index (κ2) is 5.45. The summed E-state index contributed by atoms with van der Waals surface area (Å²) in [6.45, 7) is 6.42. The predicted molar refractivity (Wildman–Crippen MR) is 82.3 cm³/mol. The lowest BCUT2D eigenvalue weighted by Gasteiger charge is -2.15. The van der Waals surface area contributed by atoms with Crippen molar-refractivity contribution in [1.82, 2.24) is 0 Å². The molecule has 18 heavy (non-hydrogen) atoms. The van der Waals surface area contributed by atoms with Gasteiger partial charge in [0.1, 0.15) is 5.75 Å². The molecule has 0 amide bonds. The minimum absolute atomic E-state index is 0.192. The van der Waals surface area contributed by atoms with Crippen LogP contribution in [0.3, 0.4) is 0 Å². The summed E-state index contributed by atoms with van der Waals surface area (Å²) < 4.78 is 5.46. The zero-order valence-electron chi connectivity index (χ0n) is 11.1. The van der Waals surface area contributed by atoms with Crippen LogP contribution in [0.15, 0.2) is 24.3 Å². The Morgan fingerprint density at radius 1 is 1.11 bits per heavy atom. The maximum absolute atomic E-state index is 5.46. The van der Waals surface area contributed by atoms with E-state index >= 15 is 0 Å². The molecule has 0 bridgehead atoms.